The molecule has 150 valence electrons. The predicted molar refractivity (Wildman–Crippen MR) is 97.1 cm³/mol. The SMILES string of the molecule is COc1cc(OC)c(OC)cc1CNc1n[nH]c2nc(C)cc(C(F)(F)F)c12. The highest BCUT2D eigenvalue weighted by molar-refractivity contribution is 5.91. The van der Waals surface area contributed by atoms with Gasteiger partial charge < -0.3 is 19.5 Å². The third-order valence-electron chi connectivity index (χ3n) is 4.20. The topological polar surface area (TPSA) is 81.3 Å². The van der Waals surface area contributed by atoms with Crippen LogP contribution < -0.4 is 19.5 Å². The Balaban J connectivity index is 1.99. The number of pyridine rings is 1. The number of aromatic amines is 1. The summed E-state index contributed by atoms with van der Waals surface area (Å²) in [4.78, 5) is 4.09. The Labute approximate surface area is 158 Å². The van der Waals surface area contributed by atoms with Gasteiger partial charge in [-0.2, -0.15) is 18.3 Å². The van der Waals surface area contributed by atoms with E-state index >= 15 is 0 Å². The number of halogens is 3. The van der Waals surface area contributed by atoms with E-state index in [4.69, 9.17) is 14.2 Å². The number of fused-ring (bicyclic) bond motifs is 1. The van der Waals surface area contributed by atoms with Crippen LogP contribution in [-0.4, -0.2) is 36.5 Å². The Kier molecular flexibility index (Phi) is 5.21. The van der Waals surface area contributed by atoms with Gasteiger partial charge in [-0.05, 0) is 19.1 Å². The van der Waals surface area contributed by atoms with Gasteiger partial charge in [0, 0.05) is 23.9 Å². The highest BCUT2D eigenvalue weighted by Gasteiger charge is 2.35. The van der Waals surface area contributed by atoms with Crippen molar-refractivity contribution in [1.29, 1.82) is 0 Å². The summed E-state index contributed by atoms with van der Waals surface area (Å²) in [5.74, 6) is 1.49. The fraction of sp³-hybridized carbons (Fsp3) is 0.333. The third kappa shape index (κ3) is 3.62. The molecule has 0 spiro atoms. The van der Waals surface area contributed by atoms with Gasteiger partial charge in [-0.25, -0.2) is 4.98 Å². The molecule has 0 aliphatic carbocycles. The second-order valence-electron chi connectivity index (χ2n) is 5.98. The zero-order valence-corrected chi connectivity index (χ0v) is 15.7. The lowest BCUT2D eigenvalue weighted by atomic mass is 10.1. The average Bonchev–Trinajstić information content (AvgIpc) is 3.06. The molecule has 0 amide bonds. The number of aromatic nitrogens is 3. The number of benzene rings is 1. The smallest absolute Gasteiger partial charge is 0.417 e. The van der Waals surface area contributed by atoms with Crippen LogP contribution >= 0.6 is 0 Å². The zero-order valence-electron chi connectivity index (χ0n) is 15.7. The fourth-order valence-corrected chi connectivity index (χ4v) is 2.92. The Morgan fingerprint density at radius 3 is 2.25 bits per heavy atom. The zero-order chi connectivity index (χ0) is 20.5. The van der Waals surface area contributed by atoms with Crippen molar-refractivity contribution in [3.63, 3.8) is 0 Å². The number of rotatable bonds is 6. The van der Waals surface area contributed by atoms with Crippen molar-refractivity contribution in [2.75, 3.05) is 26.6 Å². The maximum absolute atomic E-state index is 13.5. The van der Waals surface area contributed by atoms with Crippen LogP contribution in [0.15, 0.2) is 18.2 Å². The van der Waals surface area contributed by atoms with Crippen LogP contribution in [0.3, 0.4) is 0 Å². The molecule has 0 aliphatic heterocycles. The van der Waals surface area contributed by atoms with Crippen LogP contribution in [0.4, 0.5) is 19.0 Å². The first kappa shape index (κ1) is 19.6. The molecule has 1 aromatic carbocycles. The Hall–Kier alpha value is -3.17. The lowest BCUT2D eigenvalue weighted by Gasteiger charge is -2.15. The number of hydrogen-bond donors (Lipinski definition) is 2. The minimum absolute atomic E-state index is 0.0478. The minimum Gasteiger partial charge on any atom is -0.496 e. The second kappa shape index (κ2) is 7.45. The normalized spacial score (nSPS) is 11.5. The van der Waals surface area contributed by atoms with E-state index in [0.29, 0.717) is 22.8 Å². The van der Waals surface area contributed by atoms with Crippen molar-refractivity contribution in [2.24, 2.45) is 0 Å². The molecule has 2 aromatic heterocycles. The predicted octanol–water partition coefficient (Wildman–Crippen LogP) is 3.92. The first-order valence-corrected chi connectivity index (χ1v) is 8.24. The van der Waals surface area contributed by atoms with E-state index in [1.54, 1.807) is 12.1 Å². The molecule has 10 heteroatoms. The molecule has 0 radical (unpaired) electrons. The van der Waals surface area contributed by atoms with Crippen LogP contribution in [-0.2, 0) is 12.7 Å². The monoisotopic (exact) mass is 396 g/mol. The number of hydrogen-bond acceptors (Lipinski definition) is 6. The molecule has 7 nitrogen and oxygen atoms in total. The number of alkyl halides is 3. The molecule has 0 bridgehead atoms. The van der Waals surface area contributed by atoms with Gasteiger partial charge in [-0.1, -0.05) is 0 Å². The van der Waals surface area contributed by atoms with Crippen molar-refractivity contribution in [3.05, 3.63) is 35.0 Å². The van der Waals surface area contributed by atoms with Crippen LogP contribution in [0.2, 0.25) is 0 Å². The van der Waals surface area contributed by atoms with E-state index in [-0.39, 0.29) is 29.1 Å². The van der Waals surface area contributed by atoms with E-state index in [2.05, 4.69) is 20.5 Å². The molecule has 0 saturated carbocycles. The lowest BCUT2D eigenvalue weighted by Crippen LogP contribution is -2.09. The van der Waals surface area contributed by atoms with E-state index in [1.807, 2.05) is 0 Å². The fourth-order valence-electron chi connectivity index (χ4n) is 2.92. The van der Waals surface area contributed by atoms with Gasteiger partial charge in [0.25, 0.3) is 0 Å². The van der Waals surface area contributed by atoms with Gasteiger partial charge >= 0.3 is 6.18 Å². The standard InChI is InChI=1S/C18H19F3N4O3/c1-9-5-11(18(19,20)21)15-16(24-25-17(15)23-9)22-8-10-6-13(27-3)14(28-4)7-12(10)26-2/h5-7H,8H2,1-4H3,(H2,22,23,24,25). The summed E-state index contributed by atoms with van der Waals surface area (Å²) in [7, 11) is 4.48. The molecular weight excluding hydrogens is 377 g/mol. The van der Waals surface area contributed by atoms with E-state index in [1.165, 1.54) is 28.3 Å². The number of methoxy groups -OCH3 is 3. The maximum Gasteiger partial charge on any atom is 0.417 e. The molecule has 0 fully saturated rings. The quantitative estimate of drug-likeness (QED) is 0.657. The molecule has 0 unspecified atom stereocenters. The Bertz CT molecular complexity index is 1000. The van der Waals surface area contributed by atoms with E-state index < -0.39 is 11.7 Å². The summed E-state index contributed by atoms with van der Waals surface area (Å²) in [5.41, 5.74) is 0.168. The second-order valence-corrected chi connectivity index (χ2v) is 5.98. The third-order valence-corrected chi connectivity index (χ3v) is 4.20. The highest BCUT2D eigenvalue weighted by atomic mass is 19.4. The van der Waals surface area contributed by atoms with Gasteiger partial charge in [0.15, 0.2) is 23.0 Å². The molecule has 0 aliphatic rings. The molecule has 3 rings (SSSR count). The van der Waals surface area contributed by atoms with Crippen molar-refractivity contribution >= 4 is 16.9 Å². The van der Waals surface area contributed by atoms with Gasteiger partial charge in [0.05, 0.1) is 32.3 Å². The summed E-state index contributed by atoms with van der Waals surface area (Å²) in [6.07, 6.45) is -4.53. The number of aryl methyl sites for hydroxylation is 1. The number of H-pyrrole nitrogens is 1. The molecule has 0 atom stereocenters. The lowest BCUT2D eigenvalue weighted by molar-refractivity contribution is -0.136. The maximum atomic E-state index is 13.5. The number of anilines is 1. The van der Waals surface area contributed by atoms with Gasteiger partial charge in [0.1, 0.15) is 5.75 Å². The van der Waals surface area contributed by atoms with Gasteiger partial charge in [0.2, 0.25) is 0 Å². The van der Waals surface area contributed by atoms with Crippen LogP contribution in [0.25, 0.3) is 11.0 Å². The Morgan fingerprint density at radius 1 is 1.00 bits per heavy atom. The van der Waals surface area contributed by atoms with Crippen LogP contribution in [0, 0.1) is 6.92 Å². The number of nitrogens with one attached hydrogen (secondary N) is 2. The van der Waals surface area contributed by atoms with Crippen LogP contribution in [0.1, 0.15) is 16.8 Å². The molecule has 2 N–H and O–H groups in total. The van der Waals surface area contributed by atoms with E-state index in [0.717, 1.165) is 6.07 Å². The molecule has 28 heavy (non-hydrogen) atoms. The summed E-state index contributed by atoms with van der Waals surface area (Å²) in [5, 5.41) is 9.32. The Morgan fingerprint density at radius 2 is 1.64 bits per heavy atom. The van der Waals surface area contributed by atoms with E-state index in [9.17, 15) is 13.2 Å². The largest absolute Gasteiger partial charge is 0.496 e. The minimum atomic E-state index is -4.53. The van der Waals surface area contributed by atoms with Crippen LogP contribution in [0.5, 0.6) is 17.2 Å². The highest BCUT2D eigenvalue weighted by Crippen LogP contribution is 2.38. The van der Waals surface area contributed by atoms with Gasteiger partial charge in [-0.15, -0.1) is 0 Å². The van der Waals surface area contributed by atoms with Crippen molar-refractivity contribution in [3.8, 4) is 17.2 Å². The van der Waals surface area contributed by atoms with Crippen molar-refractivity contribution in [1.82, 2.24) is 15.2 Å². The molecular formula is C18H19F3N4O3. The number of nitrogens with zero attached hydrogens (tertiary/aromatic N) is 2. The number of ether oxygens (including phenoxy) is 3. The van der Waals surface area contributed by atoms with Gasteiger partial charge in [-0.3, -0.25) is 5.10 Å². The first-order valence-electron chi connectivity index (χ1n) is 8.24. The first-order chi connectivity index (χ1) is 13.3. The summed E-state index contributed by atoms with van der Waals surface area (Å²) >= 11 is 0. The van der Waals surface area contributed by atoms with Crippen molar-refractivity contribution in [2.45, 2.75) is 19.6 Å². The summed E-state index contributed by atoms with van der Waals surface area (Å²) in [6, 6.07) is 4.33. The summed E-state index contributed by atoms with van der Waals surface area (Å²) < 4.78 is 56.3. The molecule has 3 aromatic rings. The average molecular weight is 396 g/mol. The molecule has 0 saturated heterocycles. The summed E-state index contributed by atoms with van der Waals surface area (Å²) in [6.45, 7) is 1.64. The molecule has 2 heterocycles. The van der Waals surface area contributed by atoms with Crippen molar-refractivity contribution < 1.29 is 27.4 Å².